The van der Waals surface area contributed by atoms with Crippen LogP contribution in [0.25, 0.3) is 0 Å². The van der Waals surface area contributed by atoms with Gasteiger partial charge in [-0.25, -0.2) is 8.42 Å². The number of hydrogen-bond acceptors (Lipinski definition) is 4. The summed E-state index contributed by atoms with van der Waals surface area (Å²) in [6.07, 6.45) is 0.189. The summed E-state index contributed by atoms with van der Waals surface area (Å²) >= 11 is 12.8. The lowest BCUT2D eigenvalue weighted by Crippen LogP contribution is -2.56. The van der Waals surface area contributed by atoms with Crippen molar-refractivity contribution in [3.63, 3.8) is 0 Å². The van der Waals surface area contributed by atoms with Gasteiger partial charge in [0.1, 0.15) is 12.6 Å². The van der Waals surface area contributed by atoms with Gasteiger partial charge in [-0.05, 0) is 81.6 Å². The first kappa shape index (κ1) is 35.0. The van der Waals surface area contributed by atoms with E-state index in [0.717, 1.165) is 15.4 Å². The number of carbonyl (C=O) groups excluding carboxylic acids is 2. The maximum atomic E-state index is 14.6. The minimum absolute atomic E-state index is 0.0429. The van der Waals surface area contributed by atoms with Crippen molar-refractivity contribution in [1.82, 2.24) is 10.2 Å². The number of aryl methyl sites for hydroxylation is 2. The molecule has 0 aromatic heterocycles. The second-order valence-electron chi connectivity index (χ2n) is 12.3. The molecule has 1 N–H and O–H groups in total. The number of anilines is 1. The van der Waals surface area contributed by atoms with Crippen LogP contribution in [-0.4, -0.2) is 43.3 Å². The van der Waals surface area contributed by atoms with Crippen molar-refractivity contribution in [2.24, 2.45) is 0 Å². The summed E-state index contributed by atoms with van der Waals surface area (Å²) in [4.78, 5) is 30.1. The van der Waals surface area contributed by atoms with Gasteiger partial charge in [-0.2, -0.15) is 0 Å². The number of halogens is 2. The molecule has 0 aliphatic heterocycles. The average Bonchev–Trinajstić information content (AvgIpc) is 2.99. The number of nitrogens with one attached hydrogen (secondary N) is 1. The van der Waals surface area contributed by atoms with Gasteiger partial charge in [0, 0.05) is 28.5 Å². The molecule has 1 unspecified atom stereocenters. The first-order chi connectivity index (χ1) is 21.7. The molecule has 0 fully saturated rings. The van der Waals surface area contributed by atoms with Crippen LogP contribution in [0.1, 0.15) is 43.0 Å². The van der Waals surface area contributed by atoms with Crippen LogP contribution in [0, 0.1) is 13.8 Å². The van der Waals surface area contributed by atoms with Crippen molar-refractivity contribution in [3.05, 3.63) is 129 Å². The van der Waals surface area contributed by atoms with Crippen LogP contribution in [0.5, 0.6) is 0 Å². The van der Waals surface area contributed by atoms with Crippen molar-refractivity contribution in [1.29, 1.82) is 0 Å². The number of nitrogens with zero attached hydrogens (tertiary/aromatic N) is 2. The minimum atomic E-state index is -4.20. The summed E-state index contributed by atoms with van der Waals surface area (Å²) < 4.78 is 29.5. The Kier molecular flexibility index (Phi) is 11.2. The van der Waals surface area contributed by atoms with Crippen LogP contribution < -0.4 is 9.62 Å². The predicted octanol–water partition coefficient (Wildman–Crippen LogP) is 7.36. The van der Waals surface area contributed by atoms with Gasteiger partial charge < -0.3 is 10.2 Å². The van der Waals surface area contributed by atoms with Crippen LogP contribution in [0.4, 0.5) is 5.69 Å². The summed E-state index contributed by atoms with van der Waals surface area (Å²) in [5, 5.41) is 3.77. The van der Waals surface area contributed by atoms with Gasteiger partial charge in [0.2, 0.25) is 11.8 Å². The number of sulfonamides is 1. The van der Waals surface area contributed by atoms with E-state index in [1.165, 1.54) is 17.0 Å². The number of carbonyl (C=O) groups is 2. The normalized spacial score (nSPS) is 12.3. The van der Waals surface area contributed by atoms with E-state index in [1.807, 2.05) is 64.1 Å². The summed E-state index contributed by atoms with van der Waals surface area (Å²) in [6.45, 7) is 8.69. The van der Waals surface area contributed by atoms with E-state index in [9.17, 15) is 18.0 Å². The van der Waals surface area contributed by atoms with Gasteiger partial charge in [-0.1, -0.05) is 95.5 Å². The Hall–Kier alpha value is -3.85. The van der Waals surface area contributed by atoms with Gasteiger partial charge in [0.15, 0.2) is 0 Å². The van der Waals surface area contributed by atoms with Gasteiger partial charge in [-0.3, -0.25) is 13.9 Å². The second kappa shape index (κ2) is 14.7. The Morgan fingerprint density at radius 1 is 0.848 bits per heavy atom. The molecule has 0 bridgehead atoms. The van der Waals surface area contributed by atoms with Crippen molar-refractivity contribution < 1.29 is 18.0 Å². The first-order valence-corrected chi connectivity index (χ1v) is 17.1. The molecule has 46 heavy (non-hydrogen) atoms. The third-order valence-corrected chi connectivity index (χ3v) is 9.72. The van der Waals surface area contributed by atoms with E-state index < -0.39 is 34.1 Å². The van der Waals surface area contributed by atoms with E-state index in [-0.39, 0.29) is 23.8 Å². The predicted molar refractivity (Wildman–Crippen MR) is 186 cm³/mol. The van der Waals surface area contributed by atoms with Crippen molar-refractivity contribution in [2.45, 2.75) is 64.1 Å². The van der Waals surface area contributed by atoms with Gasteiger partial charge in [0.25, 0.3) is 10.0 Å². The minimum Gasteiger partial charge on any atom is -0.350 e. The standard InChI is InChI=1S/C36H39Cl2N3O4S/c1-25-16-19-32(26(2)20-25)41(46(44,45)30-14-10-7-11-15-30)24-34(42)40(23-28-17-18-29(37)22-31(28)38)33(35(43)39-36(3,4)5)21-27-12-8-6-9-13-27/h6-20,22,33H,21,23-24H2,1-5H3,(H,39,43). The fraction of sp³-hybridized carbons (Fsp3) is 0.278. The molecular weight excluding hydrogens is 641 g/mol. The maximum Gasteiger partial charge on any atom is 0.264 e. The van der Waals surface area contributed by atoms with Crippen molar-refractivity contribution in [2.75, 3.05) is 10.8 Å². The zero-order valence-electron chi connectivity index (χ0n) is 26.6. The van der Waals surface area contributed by atoms with Crippen LogP contribution in [-0.2, 0) is 32.6 Å². The Morgan fingerprint density at radius 3 is 2.07 bits per heavy atom. The zero-order valence-corrected chi connectivity index (χ0v) is 29.0. The maximum absolute atomic E-state index is 14.6. The van der Waals surface area contributed by atoms with E-state index in [2.05, 4.69) is 5.32 Å². The van der Waals surface area contributed by atoms with Crippen LogP contribution in [0.2, 0.25) is 10.0 Å². The molecule has 2 amide bonds. The highest BCUT2D eigenvalue weighted by Gasteiger charge is 2.36. The molecular formula is C36H39Cl2N3O4S. The van der Waals surface area contributed by atoms with E-state index in [1.54, 1.807) is 55.5 Å². The summed E-state index contributed by atoms with van der Waals surface area (Å²) in [5.41, 5.74) is 2.80. The molecule has 4 aromatic carbocycles. The largest absolute Gasteiger partial charge is 0.350 e. The van der Waals surface area contributed by atoms with E-state index >= 15 is 0 Å². The van der Waals surface area contributed by atoms with Crippen molar-refractivity contribution >= 4 is 50.7 Å². The van der Waals surface area contributed by atoms with Gasteiger partial charge in [-0.15, -0.1) is 0 Å². The highest BCUT2D eigenvalue weighted by molar-refractivity contribution is 7.92. The highest BCUT2D eigenvalue weighted by Crippen LogP contribution is 2.29. The second-order valence-corrected chi connectivity index (χ2v) is 15.0. The molecule has 0 heterocycles. The molecule has 10 heteroatoms. The molecule has 0 spiro atoms. The highest BCUT2D eigenvalue weighted by atomic mass is 35.5. The lowest BCUT2D eigenvalue weighted by Gasteiger charge is -2.35. The zero-order chi connectivity index (χ0) is 33.6. The molecule has 242 valence electrons. The molecule has 0 aliphatic carbocycles. The fourth-order valence-corrected chi connectivity index (χ4v) is 7.13. The molecule has 0 saturated carbocycles. The quantitative estimate of drug-likeness (QED) is 0.179. The third kappa shape index (κ3) is 8.90. The number of benzene rings is 4. The molecule has 0 radical (unpaired) electrons. The molecule has 0 aliphatic rings. The molecule has 7 nitrogen and oxygen atoms in total. The fourth-order valence-electron chi connectivity index (χ4n) is 5.16. The Balaban J connectivity index is 1.86. The van der Waals surface area contributed by atoms with Crippen LogP contribution >= 0.6 is 23.2 Å². The van der Waals surface area contributed by atoms with Gasteiger partial charge in [0.05, 0.1) is 10.6 Å². The van der Waals surface area contributed by atoms with Crippen LogP contribution in [0.3, 0.4) is 0 Å². The molecule has 0 saturated heterocycles. The SMILES string of the molecule is Cc1ccc(N(CC(=O)N(Cc2ccc(Cl)cc2Cl)C(Cc2ccccc2)C(=O)NC(C)(C)C)S(=O)(=O)c2ccccc2)c(C)c1. The van der Waals surface area contributed by atoms with E-state index in [4.69, 9.17) is 23.2 Å². The van der Waals surface area contributed by atoms with Gasteiger partial charge >= 0.3 is 0 Å². The van der Waals surface area contributed by atoms with Crippen molar-refractivity contribution in [3.8, 4) is 0 Å². The first-order valence-electron chi connectivity index (χ1n) is 14.9. The Bertz CT molecular complexity index is 1790. The lowest BCUT2D eigenvalue weighted by molar-refractivity contribution is -0.140. The molecule has 1 atom stereocenters. The summed E-state index contributed by atoms with van der Waals surface area (Å²) in [7, 11) is -4.20. The Morgan fingerprint density at radius 2 is 1.48 bits per heavy atom. The average molecular weight is 681 g/mol. The number of rotatable bonds is 11. The monoisotopic (exact) mass is 679 g/mol. The number of hydrogen-bond donors (Lipinski definition) is 1. The molecule has 4 rings (SSSR count). The molecule has 4 aromatic rings. The van der Waals surface area contributed by atoms with E-state index in [0.29, 0.717) is 26.9 Å². The smallest absolute Gasteiger partial charge is 0.264 e. The lowest BCUT2D eigenvalue weighted by atomic mass is 10.0. The number of amides is 2. The third-order valence-electron chi connectivity index (χ3n) is 7.36. The summed E-state index contributed by atoms with van der Waals surface area (Å²) in [5.74, 6) is -0.950. The summed E-state index contributed by atoms with van der Waals surface area (Å²) in [6, 6.07) is 26.7. The topological polar surface area (TPSA) is 86.8 Å². The van der Waals surface area contributed by atoms with Crippen LogP contribution in [0.15, 0.2) is 102 Å². The Labute approximate surface area is 282 Å².